The van der Waals surface area contributed by atoms with Gasteiger partial charge in [-0.15, -0.1) is 0 Å². The van der Waals surface area contributed by atoms with Crippen molar-refractivity contribution in [1.29, 1.82) is 0 Å². The number of carbonyl (C=O) groups is 3. The molecule has 1 aliphatic heterocycles. The van der Waals surface area contributed by atoms with Gasteiger partial charge in [-0.25, -0.2) is 0 Å². The summed E-state index contributed by atoms with van der Waals surface area (Å²) in [7, 11) is 0. The first-order chi connectivity index (χ1) is 17.4. The standard InChI is InChI=1S/C28H31N3O5/c1-19-12-13-23(20(2)16-19)31(25(32)18-30-27(33)24-11-7-15-36-24)26(21-8-4-3-5-9-21)28(34)29-17-22-10-6-14-35-22/h3-5,7-9,11-13,15-16,22,26H,6,10,14,17-18H2,1-2H3,(H,29,34)(H,30,33)/t22-,26-/m0/s1. The average Bonchev–Trinajstić information content (AvgIpc) is 3.60. The topological polar surface area (TPSA) is 101 Å². The van der Waals surface area contributed by atoms with Gasteiger partial charge in [-0.1, -0.05) is 48.0 Å². The predicted molar refractivity (Wildman–Crippen MR) is 136 cm³/mol. The van der Waals surface area contributed by atoms with Crippen molar-refractivity contribution in [2.24, 2.45) is 0 Å². The molecule has 0 bridgehead atoms. The van der Waals surface area contributed by atoms with Crippen molar-refractivity contribution in [3.05, 3.63) is 89.4 Å². The van der Waals surface area contributed by atoms with Crippen molar-refractivity contribution in [2.75, 3.05) is 24.6 Å². The van der Waals surface area contributed by atoms with Crippen molar-refractivity contribution in [3.63, 3.8) is 0 Å². The minimum Gasteiger partial charge on any atom is -0.459 e. The molecule has 3 aromatic rings. The number of amides is 3. The van der Waals surface area contributed by atoms with Crippen LogP contribution in [0.4, 0.5) is 5.69 Å². The Morgan fingerprint density at radius 2 is 1.83 bits per heavy atom. The van der Waals surface area contributed by atoms with E-state index in [4.69, 9.17) is 9.15 Å². The third kappa shape index (κ3) is 6.01. The summed E-state index contributed by atoms with van der Waals surface area (Å²) in [4.78, 5) is 41.3. The molecule has 3 amide bonds. The van der Waals surface area contributed by atoms with Crippen LogP contribution in [-0.2, 0) is 14.3 Å². The van der Waals surface area contributed by atoms with Crippen molar-refractivity contribution in [1.82, 2.24) is 10.6 Å². The molecule has 2 heterocycles. The van der Waals surface area contributed by atoms with E-state index in [2.05, 4.69) is 10.6 Å². The number of rotatable bonds is 9. The van der Waals surface area contributed by atoms with Gasteiger partial charge in [-0.2, -0.15) is 0 Å². The summed E-state index contributed by atoms with van der Waals surface area (Å²) in [6, 6.07) is 17.0. The second-order valence-corrected chi connectivity index (χ2v) is 8.91. The monoisotopic (exact) mass is 489 g/mol. The van der Waals surface area contributed by atoms with Crippen molar-refractivity contribution in [3.8, 4) is 0 Å². The quantitative estimate of drug-likeness (QED) is 0.477. The lowest BCUT2D eigenvalue weighted by atomic mass is 10.0. The van der Waals surface area contributed by atoms with Crippen LogP contribution in [0.3, 0.4) is 0 Å². The van der Waals surface area contributed by atoms with Gasteiger partial charge in [0.1, 0.15) is 6.04 Å². The summed E-state index contributed by atoms with van der Waals surface area (Å²) >= 11 is 0. The van der Waals surface area contributed by atoms with Crippen LogP contribution in [0, 0.1) is 13.8 Å². The van der Waals surface area contributed by atoms with Gasteiger partial charge in [0, 0.05) is 18.8 Å². The van der Waals surface area contributed by atoms with Gasteiger partial charge < -0.3 is 19.8 Å². The van der Waals surface area contributed by atoms with Gasteiger partial charge in [0.25, 0.3) is 5.91 Å². The number of carbonyl (C=O) groups excluding carboxylic acids is 3. The lowest BCUT2D eigenvalue weighted by molar-refractivity contribution is -0.126. The molecule has 0 unspecified atom stereocenters. The summed E-state index contributed by atoms with van der Waals surface area (Å²) in [5.74, 6) is -1.15. The van der Waals surface area contributed by atoms with E-state index < -0.39 is 17.9 Å². The summed E-state index contributed by atoms with van der Waals surface area (Å²) in [5.41, 5.74) is 3.13. The molecular formula is C28H31N3O5. The van der Waals surface area contributed by atoms with Gasteiger partial charge in [-0.3, -0.25) is 19.3 Å². The Morgan fingerprint density at radius 3 is 2.50 bits per heavy atom. The smallest absolute Gasteiger partial charge is 0.287 e. The molecule has 8 nitrogen and oxygen atoms in total. The molecule has 4 rings (SSSR count). The third-order valence-electron chi connectivity index (χ3n) is 6.18. The van der Waals surface area contributed by atoms with Gasteiger partial charge in [0.2, 0.25) is 11.8 Å². The summed E-state index contributed by atoms with van der Waals surface area (Å²) in [6.45, 7) is 4.61. The molecule has 1 fully saturated rings. The highest BCUT2D eigenvalue weighted by Gasteiger charge is 2.34. The normalized spacial score (nSPS) is 15.8. The van der Waals surface area contributed by atoms with E-state index in [0.717, 1.165) is 24.0 Å². The second-order valence-electron chi connectivity index (χ2n) is 8.91. The maximum atomic E-state index is 13.7. The number of nitrogens with one attached hydrogen (secondary N) is 2. The third-order valence-corrected chi connectivity index (χ3v) is 6.18. The molecular weight excluding hydrogens is 458 g/mol. The molecule has 0 spiro atoms. The molecule has 1 saturated heterocycles. The first-order valence-electron chi connectivity index (χ1n) is 12.1. The van der Waals surface area contributed by atoms with E-state index in [1.807, 2.05) is 62.4 Å². The zero-order chi connectivity index (χ0) is 25.5. The van der Waals surface area contributed by atoms with Crippen LogP contribution >= 0.6 is 0 Å². The zero-order valence-electron chi connectivity index (χ0n) is 20.5. The number of nitrogens with zero attached hydrogens (tertiary/aromatic N) is 1. The molecule has 0 aliphatic carbocycles. The molecule has 1 aromatic heterocycles. The van der Waals surface area contributed by atoms with Gasteiger partial charge in [0.05, 0.1) is 18.9 Å². The van der Waals surface area contributed by atoms with Gasteiger partial charge in [0.15, 0.2) is 5.76 Å². The number of hydrogen-bond acceptors (Lipinski definition) is 5. The largest absolute Gasteiger partial charge is 0.459 e. The van der Waals surface area contributed by atoms with E-state index in [0.29, 0.717) is 24.4 Å². The first kappa shape index (κ1) is 25.2. The van der Waals surface area contributed by atoms with Gasteiger partial charge >= 0.3 is 0 Å². The Bertz CT molecular complexity index is 1190. The highest BCUT2D eigenvalue weighted by atomic mass is 16.5. The Kier molecular flexibility index (Phi) is 8.17. The first-order valence-corrected chi connectivity index (χ1v) is 12.1. The Labute approximate surface area is 210 Å². The van der Waals surface area contributed by atoms with Crippen LogP contribution in [0.5, 0.6) is 0 Å². The number of anilines is 1. The summed E-state index contributed by atoms with van der Waals surface area (Å²) < 4.78 is 10.8. The maximum absolute atomic E-state index is 13.7. The summed E-state index contributed by atoms with van der Waals surface area (Å²) in [5, 5.41) is 5.60. The molecule has 36 heavy (non-hydrogen) atoms. The average molecular weight is 490 g/mol. The number of hydrogen-bond donors (Lipinski definition) is 2. The van der Waals surface area contributed by atoms with E-state index in [-0.39, 0.29) is 24.3 Å². The highest BCUT2D eigenvalue weighted by molar-refractivity contribution is 6.04. The van der Waals surface area contributed by atoms with E-state index in [9.17, 15) is 14.4 Å². The van der Waals surface area contributed by atoms with Crippen molar-refractivity contribution >= 4 is 23.4 Å². The number of ether oxygens (including phenoxy) is 1. The molecule has 0 radical (unpaired) electrons. The molecule has 188 valence electrons. The summed E-state index contributed by atoms with van der Waals surface area (Å²) in [6.07, 6.45) is 3.20. The van der Waals surface area contributed by atoms with E-state index >= 15 is 0 Å². The molecule has 8 heteroatoms. The highest BCUT2D eigenvalue weighted by Crippen LogP contribution is 2.31. The minimum atomic E-state index is -0.943. The van der Waals surface area contributed by atoms with Gasteiger partial charge in [-0.05, 0) is 56.0 Å². The van der Waals surface area contributed by atoms with Crippen LogP contribution in [-0.4, -0.2) is 43.5 Å². The Balaban J connectivity index is 1.66. The molecule has 2 aromatic carbocycles. The van der Waals surface area contributed by atoms with E-state index in [1.165, 1.54) is 17.2 Å². The molecule has 1 aliphatic rings. The number of furan rings is 1. The van der Waals surface area contributed by atoms with Crippen LogP contribution < -0.4 is 15.5 Å². The van der Waals surface area contributed by atoms with Crippen LogP contribution in [0.2, 0.25) is 0 Å². The van der Waals surface area contributed by atoms with Crippen LogP contribution in [0.1, 0.15) is 46.1 Å². The fourth-order valence-electron chi connectivity index (χ4n) is 4.40. The lowest BCUT2D eigenvalue weighted by Gasteiger charge is -2.33. The Morgan fingerprint density at radius 1 is 1.03 bits per heavy atom. The maximum Gasteiger partial charge on any atom is 0.287 e. The number of aryl methyl sites for hydroxylation is 2. The molecule has 2 N–H and O–H groups in total. The molecule has 0 saturated carbocycles. The minimum absolute atomic E-state index is 0.0387. The SMILES string of the molecule is Cc1ccc(N(C(=O)CNC(=O)c2ccco2)[C@H](C(=O)NC[C@@H]2CCCO2)c2ccccc2)c(C)c1. The molecule has 2 atom stereocenters. The fourth-order valence-corrected chi connectivity index (χ4v) is 4.40. The Hall–Kier alpha value is -3.91. The fraction of sp³-hybridized carbons (Fsp3) is 0.321. The lowest BCUT2D eigenvalue weighted by Crippen LogP contribution is -2.48. The predicted octanol–water partition coefficient (Wildman–Crippen LogP) is 3.70. The van der Waals surface area contributed by atoms with Crippen LogP contribution in [0.15, 0.2) is 71.3 Å². The second kappa shape index (κ2) is 11.7. The van der Waals surface area contributed by atoms with Crippen LogP contribution in [0.25, 0.3) is 0 Å². The van der Waals surface area contributed by atoms with Crippen molar-refractivity contribution in [2.45, 2.75) is 38.8 Å². The zero-order valence-corrected chi connectivity index (χ0v) is 20.5. The van der Waals surface area contributed by atoms with Crippen molar-refractivity contribution < 1.29 is 23.5 Å². The number of benzene rings is 2. The van der Waals surface area contributed by atoms with E-state index in [1.54, 1.807) is 6.07 Å².